The Hall–Kier alpha value is -1.64. The minimum Gasteiger partial charge on any atom is -0.279 e. The molecule has 0 atom stereocenters. The lowest BCUT2D eigenvalue weighted by Crippen LogP contribution is -2.54. The van der Waals surface area contributed by atoms with Crippen LogP contribution in [0.15, 0.2) is 60.7 Å². The molecule has 1 aliphatic heterocycles. The summed E-state index contributed by atoms with van der Waals surface area (Å²) in [6.07, 6.45) is 0.567. The smallest absolute Gasteiger partial charge is 0.0864 e. The average Bonchev–Trinajstić information content (AvgIpc) is 2.30. The molecule has 3 rings (SSSR count). The van der Waals surface area contributed by atoms with Gasteiger partial charge >= 0.3 is 0 Å². The Morgan fingerprint density at radius 2 is 0.938 bits per heavy atom. The van der Waals surface area contributed by atoms with Crippen LogP contribution in [-0.4, -0.2) is 0 Å². The first-order valence-corrected chi connectivity index (χ1v) is 5.55. The molecule has 0 aliphatic carbocycles. The van der Waals surface area contributed by atoms with E-state index >= 15 is 0 Å². The molecule has 2 nitrogen and oxygen atoms in total. The number of benzene rings is 2. The molecule has 2 N–H and O–H groups in total. The molecule has 1 heterocycles. The molecule has 0 bridgehead atoms. The first kappa shape index (κ1) is 9.58. The van der Waals surface area contributed by atoms with Crippen LogP contribution in [0.2, 0.25) is 0 Å². The molecule has 0 spiro atoms. The summed E-state index contributed by atoms with van der Waals surface area (Å²) in [5, 5.41) is 7.00. The molecule has 0 radical (unpaired) electrons. The van der Waals surface area contributed by atoms with Crippen LogP contribution >= 0.6 is 0 Å². The van der Waals surface area contributed by atoms with Gasteiger partial charge in [0, 0.05) is 0 Å². The molecule has 0 unspecified atom stereocenters. The van der Waals surface area contributed by atoms with E-state index in [4.69, 9.17) is 0 Å². The van der Waals surface area contributed by atoms with E-state index in [-0.39, 0.29) is 12.3 Å². The molecule has 1 fully saturated rings. The second-order valence-electron chi connectivity index (χ2n) is 4.02. The first-order valence-electron chi connectivity index (χ1n) is 5.55. The third-order valence-corrected chi connectivity index (χ3v) is 2.93. The van der Waals surface area contributed by atoms with Crippen LogP contribution in [-0.2, 0) is 0 Å². The van der Waals surface area contributed by atoms with Crippen molar-refractivity contribution < 1.29 is 0 Å². The normalized spacial score (nSPS) is 23.8. The minimum atomic E-state index is 0.284. The zero-order chi connectivity index (χ0) is 10.8. The second kappa shape index (κ2) is 4.08. The van der Waals surface area contributed by atoms with E-state index in [2.05, 4.69) is 59.2 Å². The van der Waals surface area contributed by atoms with Crippen LogP contribution in [0, 0.1) is 0 Å². The third-order valence-electron chi connectivity index (χ3n) is 2.93. The fourth-order valence-electron chi connectivity index (χ4n) is 2.01. The molecule has 1 aliphatic rings. The highest BCUT2D eigenvalue weighted by molar-refractivity contribution is 5.26. The maximum absolute atomic E-state index is 3.50. The molecule has 2 heteroatoms. The fraction of sp³-hybridized carbons (Fsp3) is 0.143. The summed E-state index contributed by atoms with van der Waals surface area (Å²) >= 11 is 0. The lowest BCUT2D eigenvalue weighted by atomic mass is 10.0. The Morgan fingerprint density at radius 3 is 1.31 bits per heavy atom. The standard InChI is InChI=1S/C14H14N2/c1-3-7-11(8-4-1)13-15-14(16-13)12-9-5-2-6-10-12/h1-10,13-16H. The van der Waals surface area contributed by atoms with Crippen molar-refractivity contribution in [3.63, 3.8) is 0 Å². The fourth-order valence-corrected chi connectivity index (χ4v) is 2.01. The van der Waals surface area contributed by atoms with Crippen molar-refractivity contribution in [2.75, 3.05) is 0 Å². The Balaban J connectivity index is 1.68. The topological polar surface area (TPSA) is 24.1 Å². The van der Waals surface area contributed by atoms with Crippen LogP contribution in [0.3, 0.4) is 0 Å². The maximum Gasteiger partial charge on any atom is 0.0864 e. The number of hydrogen-bond donors (Lipinski definition) is 2. The van der Waals surface area contributed by atoms with Crippen LogP contribution in [0.5, 0.6) is 0 Å². The van der Waals surface area contributed by atoms with Gasteiger partial charge in [-0.2, -0.15) is 0 Å². The second-order valence-corrected chi connectivity index (χ2v) is 4.02. The van der Waals surface area contributed by atoms with E-state index < -0.39 is 0 Å². The molecule has 0 saturated carbocycles. The van der Waals surface area contributed by atoms with Crippen molar-refractivity contribution in [2.24, 2.45) is 0 Å². The van der Waals surface area contributed by atoms with Gasteiger partial charge in [-0.15, -0.1) is 0 Å². The van der Waals surface area contributed by atoms with Crippen LogP contribution in [0.4, 0.5) is 0 Å². The van der Waals surface area contributed by atoms with E-state index in [1.807, 2.05) is 12.1 Å². The maximum atomic E-state index is 3.50. The summed E-state index contributed by atoms with van der Waals surface area (Å²) in [7, 11) is 0. The predicted octanol–water partition coefficient (Wildman–Crippen LogP) is 2.58. The molecule has 0 amide bonds. The van der Waals surface area contributed by atoms with E-state index in [9.17, 15) is 0 Å². The van der Waals surface area contributed by atoms with E-state index in [1.54, 1.807) is 0 Å². The van der Waals surface area contributed by atoms with Crippen molar-refractivity contribution in [2.45, 2.75) is 12.3 Å². The van der Waals surface area contributed by atoms with Gasteiger partial charge in [-0.1, -0.05) is 60.7 Å². The summed E-state index contributed by atoms with van der Waals surface area (Å²) in [6.45, 7) is 0. The number of rotatable bonds is 2. The van der Waals surface area contributed by atoms with Gasteiger partial charge in [0.1, 0.15) is 0 Å². The summed E-state index contributed by atoms with van der Waals surface area (Å²) in [5.74, 6) is 0. The Kier molecular flexibility index (Phi) is 2.44. The van der Waals surface area contributed by atoms with Crippen molar-refractivity contribution in [1.82, 2.24) is 10.6 Å². The quantitative estimate of drug-likeness (QED) is 0.796. The molecule has 0 aromatic heterocycles. The van der Waals surface area contributed by atoms with Crippen molar-refractivity contribution >= 4 is 0 Å². The largest absolute Gasteiger partial charge is 0.279 e. The zero-order valence-corrected chi connectivity index (χ0v) is 8.93. The molecule has 16 heavy (non-hydrogen) atoms. The number of nitrogens with one attached hydrogen (secondary N) is 2. The van der Waals surface area contributed by atoms with E-state index in [0.717, 1.165) is 0 Å². The van der Waals surface area contributed by atoms with Gasteiger partial charge in [-0.25, -0.2) is 0 Å². The number of hydrogen-bond acceptors (Lipinski definition) is 2. The Labute approximate surface area is 95.3 Å². The molecular formula is C14H14N2. The molecule has 1 saturated heterocycles. The van der Waals surface area contributed by atoms with Crippen LogP contribution in [0.1, 0.15) is 23.5 Å². The third kappa shape index (κ3) is 1.73. The van der Waals surface area contributed by atoms with Gasteiger partial charge < -0.3 is 0 Å². The van der Waals surface area contributed by atoms with Gasteiger partial charge in [0.15, 0.2) is 0 Å². The van der Waals surface area contributed by atoms with Gasteiger partial charge in [0.05, 0.1) is 12.3 Å². The van der Waals surface area contributed by atoms with E-state index in [0.29, 0.717) is 0 Å². The molecular weight excluding hydrogens is 196 g/mol. The van der Waals surface area contributed by atoms with Crippen molar-refractivity contribution in [1.29, 1.82) is 0 Å². The highest BCUT2D eigenvalue weighted by Crippen LogP contribution is 2.26. The molecule has 2 aromatic rings. The van der Waals surface area contributed by atoms with Crippen molar-refractivity contribution in [3.8, 4) is 0 Å². The van der Waals surface area contributed by atoms with Gasteiger partial charge in [-0.05, 0) is 11.1 Å². The average molecular weight is 210 g/mol. The molecule has 80 valence electrons. The summed E-state index contributed by atoms with van der Waals surface area (Å²) in [5.41, 5.74) is 2.57. The lowest BCUT2D eigenvalue weighted by Gasteiger charge is -2.39. The highest BCUT2D eigenvalue weighted by Gasteiger charge is 2.28. The highest BCUT2D eigenvalue weighted by atomic mass is 15.3. The van der Waals surface area contributed by atoms with E-state index in [1.165, 1.54) is 11.1 Å². The summed E-state index contributed by atoms with van der Waals surface area (Å²) < 4.78 is 0. The summed E-state index contributed by atoms with van der Waals surface area (Å²) in [4.78, 5) is 0. The van der Waals surface area contributed by atoms with Crippen molar-refractivity contribution in [3.05, 3.63) is 71.8 Å². The monoisotopic (exact) mass is 210 g/mol. The van der Waals surface area contributed by atoms with Gasteiger partial charge in [0.2, 0.25) is 0 Å². The Bertz CT molecular complexity index is 403. The molecule has 2 aromatic carbocycles. The predicted molar refractivity (Wildman–Crippen MR) is 64.6 cm³/mol. The first-order chi connectivity index (χ1) is 7.93. The van der Waals surface area contributed by atoms with Gasteiger partial charge in [0.25, 0.3) is 0 Å². The van der Waals surface area contributed by atoms with Crippen LogP contribution < -0.4 is 10.6 Å². The Morgan fingerprint density at radius 1 is 0.562 bits per heavy atom. The lowest BCUT2D eigenvalue weighted by molar-refractivity contribution is 0.203. The summed E-state index contributed by atoms with van der Waals surface area (Å²) in [6, 6.07) is 20.9. The SMILES string of the molecule is c1ccc(C2NC(c3ccccc3)N2)cc1. The minimum absolute atomic E-state index is 0.284. The van der Waals surface area contributed by atoms with Gasteiger partial charge in [-0.3, -0.25) is 10.6 Å². The van der Waals surface area contributed by atoms with Crippen LogP contribution in [0.25, 0.3) is 0 Å². The zero-order valence-electron chi connectivity index (χ0n) is 8.93.